The van der Waals surface area contributed by atoms with Crippen molar-refractivity contribution in [3.8, 4) is 0 Å². The first-order chi connectivity index (χ1) is 13.5. The molecular formula is C18H17ClF3N5OS. The van der Waals surface area contributed by atoms with Crippen LogP contribution in [-0.4, -0.2) is 44.9 Å². The molecule has 29 heavy (non-hydrogen) atoms. The normalized spacial score (nSPS) is 17.8. The van der Waals surface area contributed by atoms with Crippen molar-refractivity contribution in [3.63, 3.8) is 0 Å². The summed E-state index contributed by atoms with van der Waals surface area (Å²) in [7, 11) is 0. The summed E-state index contributed by atoms with van der Waals surface area (Å²) >= 11 is 7.30. The van der Waals surface area contributed by atoms with Crippen molar-refractivity contribution < 1.29 is 18.0 Å². The molecule has 2 aromatic rings. The van der Waals surface area contributed by atoms with Crippen molar-refractivity contribution in [2.75, 3.05) is 6.54 Å². The van der Waals surface area contributed by atoms with E-state index in [0.717, 1.165) is 11.1 Å². The van der Waals surface area contributed by atoms with E-state index in [0.29, 0.717) is 5.69 Å². The third-order valence-corrected chi connectivity index (χ3v) is 5.79. The smallest absolute Gasteiger partial charge is 0.327 e. The molecule has 1 saturated heterocycles. The van der Waals surface area contributed by atoms with E-state index in [9.17, 15) is 18.0 Å². The fourth-order valence-corrected chi connectivity index (χ4v) is 3.94. The number of rotatable bonds is 3. The summed E-state index contributed by atoms with van der Waals surface area (Å²) in [4.78, 5) is 19.5. The zero-order valence-electron chi connectivity index (χ0n) is 15.5. The second kappa shape index (κ2) is 7.75. The highest BCUT2D eigenvalue weighted by Gasteiger charge is 2.38. The molecule has 11 heteroatoms. The number of nitrogens with one attached hydrogen (secondary N) is 2. The second-order valence-corrected chi connectivity index (χ2v) is 8.06. The minimum atomic E-state index is -4.60. The van der Waals surface area contributed by atoms with Crippen molar-refractivity contribution >= 4 is 40.5 Å². The molecule has 1 unspecified atom stereocenters. The molecule has 0 spiro atoms. The monoisotopic (exact) mass is 443 g/mol. The molecule has 0 radical (unpaired) electrons. The van der Waals surface area contributed by atoms with Crippen LogP contribution in [0.4, 0.5) is 13.2 Å². The standard InChI is InChI=1S/C18H17ClF3N5OS/c1-9-6-27(15(23)13-8-29-10(2)25-13)16(24)17(28)26(9)7-11-4-3-5-12(14(11)19)18(20,21)22/h3-5,8-9,23-24H,6-7H2,1-2H3. The van der Waals surface area contributed by atoms with E-state index in [1.807, 2.05) is 0 Å². The number of alkyl halides is 3. The van der Waals surface area contributed by atoms with Gasteiger partial charge < -0.3 is 9.80 Å². The van der Waals surface area contributed by atoms with Crippen molar-refractivity contribution in [2.45, 2.75) is 32.6 Å². The number of amidine groups is 2. The Kier molecular flexibility index (Phi) is 5.68. The van der Waals surface area contributed by atoms with Gasteiger partial charge in [-0.1, -0.05) is 23.7 Å². The topological polar surface area (TPSA) is 84.1 Å². The van der Waals surface area contributed by atoms with Gasteiger partial charge in [0.25, 0.3) is 5.91 Å². The summed E-state index contributed by atoms with van der Waals surface area (Å²) in [5, 5.41) is 18.4. The number of aromatic nitrogens is 1. The molecular weight excluding hydrogens is 427 g/mol. The first-order valence-corrected chi connectivity index (χ1v) is 9.79. The Morgan fingerprint density at radius 3 is 2.69 bits per heavy atom. The minimum Gasteiger partial charge on any atom is -0.327 e. The number of hydrogen-bond acceptors (Lipinski definition) is 5. The number of thiazole rings is 1. The van der Waals surface area contributed by atoms with Crippen LogP contribution in [0.5, 0.6) is 0 Å². The lowest BCUT2D eigenvalue weighted by Gasteiger charge is -2.40. The molecule has 1 aromatic carbocycles. The molecule has 1 atom stereocenters. The van der Waals surface area contributed by atoms with Crippen molar-refractivity contribution in [1.82, 2.24) is 14.8 Å². The highest BCUT2D eigenvalue weighted by molar-refractivity contribution is 7.09. The molecule has 1 amide bonds. The van der Waals surface area contributed by atoms with Crippen LogP contribution in [0.2, 0.25) is 5.02 Å². The van der Waals surface area contributed by atoms with Crippen molar-refractivity contribution in [2.24, 2.45) is 0 Å². The first kappa shape index (κ1) is 21.3. The summed E-state index contributed by atoms with van der Waals surface area (Å²) in [6.07, 6.45) is -4.60. The quantitative estimate of drug-likeness (QED) is 0.552. The van der Waals surface area contributed by atoms with E-state index < -0.39 is 34.5 Å². The molecule has 1 fully saturated rings. The zero-order valence-corrected chi connectivity index (χ0v) is 17.0. The number of carbonyl (C=O) groups is 1. The maximum atomic E-state index is 13.1. The molecule has 1 aliphatic heterocycles. The molecule has 0 bridgehead atoms. The molecule has 2 heterocycles. The summed E-state index contributed by atoms with van der Waals surface area (Å²) in [6, 6.07) is 3.09. The number of benzene rings is 1. The highest BCUT2D eigenvalue weighted by atomic mass is 35.5. The fourth-order valence-electron chi connectivity index (χ4n) is 3.05. The lowest BCUT2D eigenvalue weighted by molar-refractivity contribution is -0.137. The van der Waals surface area contributed by atoms with E-state index in [2.05, 4.69) is 4.98 Å². The Morgan fingerprint density at radius 2 is 2.10 bits per heavy atom. The van der Waals surface area contributed by atoms with Crippen LogP contribution in [0.3, 0.4) is 0 Å². The van der Waals surface area contributed by atoms with Gasteiger partial charge in [0.05, 0.1) is 15.6 Å². The van der Waals surface area contributed by atoms with E-state index >= 15 is 0 Å². The van der Waals surface area contributed by atoms with Gasteiger partial charge >= 0.3 is 6.18 Å². The molecule has 1 aliphatic rings. The second-order valence-electron chi connectivity index (χ2n) is 6.62. The molecule has 6 nitrogen and oxygen atoms in total. The Hall–Kier alpha value is -2.46. The molecule has 2 N–H and O–H groups in total. The number of amides is 1. The SMILES string of the molecule is Cc1nc(C(=N)N2CC(C)N(Cc3cccc(C(F)(F)F)c3Cl)C(=O)C2=N)cs1. The van der Waals surface area contributed by atoms with Gasteiger partial charge in [-0.05, 0) is 25.5 Å². The number of hydrogen-bond donors (Lipinski definition) is 2. The summed E-state index contributed by atoms with van der Waals surface area (Å²) in [5.74, 6) is -1.17. The van der Waals surface area contributed by atoms with Crippen molar-refractivity contribution in [1.29, 1.82) is 10.8 Å². The maximum absolute atomic E-state index is 13.1. The number of nitrogens with zero attached hydrogens (tertiary/aromatic N) is 3. The van der Waals surface area contributed by atoms with Crippen LogP contribution in [0.25, 0.3) is 0 Å². The molecule has 0 aliphatic carbocycles. The van der Waals surface area contributed by atoms with E-state index in [1.165, 1.54) is 33.3 Å². The van der Waals surface area contributed by atoms with Gasteiger partial charge in [-0.3, -0.25) is 15.6 Å². The molecule has 0 saturated carbocycles. The van der Waals surface area contributed by atoms with Crippen LogP contribution in [0.1, 0.15) is 28.8 Å². The Labute approximate surface area is 173 Å². The van der Waals surface area contributed by atoms with Crippen LogP contribution >= 0.6 is 22.9 Å². The minimum absolute atomic E-state index is 0.0590. The molecule has 3 rings (SSSR count). The lowest BCUT2D eigenvalue weighted by Crippen LogP contribution is -2.59. The van der Waals surface area contributed by atoms with Crippen molar-refractivity contribution in [3.05, 3.63) is 50.4 Å². The average Bonchev–Trinajstić information content (AvgIpc) is 3.08. The van der Waals surface area contributed by atoms with Gasteiger partial charge in [-0.25, -0.2) is 4.98 Å². The summed E-state index contributed by atoms with van der Waals surface area (Å²) in [5.41, 5.74) is -0.453. The zero-order chi connectivity index (χ0) is 21.5. The van der Waals surface area contributed by atoms with Crippen LogP contribution in [0, 0.1) is 17.7 Å². The van der Waals surface area contributed by atoms with Crippen LogP contribution < -0.4 is 0 Å². The van der Waals surface area contributed by atoms with Gasteiger partial charge in [0, 0.05) is 24.5 Å². The third kappa shape index (κ3) is 4.13. The third-order valence-electron chi connectivity index (χ3n) is 4.57. The number of aryl methyl sites for hydroxylation is 1. The Morgan fingerprint density at radius 1 is 1.41 bits per heavy atom. The molecule has 1 aromatic heterocycles. The van der Waals surface area contributed by atoms with Gasteiger partial charge in [-0.15, -0.1) is 11.3 Å². The number of piperazine rings is 1. The lowest BCUT2D eigenvalue weighted by atomic mass is 10.1. The van der Waals surface area contributed by atoms with Gasteiger partial charge in [0.2, 0.25) is 0 Å². The number of halogens is 4. The summed E-state index contributed by atoms with van der Waals surface area (Å²) in [6.45, 7) is 3.48. The Bertz CT molecular complexity index is 990. The molecule has 154 valence electrons. The maximum Gasteiger partial charge on any atom is 0.417 e. The van der Waals surface area contributed by atoms with Gasteiger partial charge in [0.15, 0.2) is 11.7 Å². The largest absolute Gasteiger partial charge is 0.417 e. The highest BCUT2D eigenvalue weighted by Crippen LogP contribution is 2.36. The summed E-state index contributed by atoms with van der Waals surface area (Å²) < 4.78 is 39.3. The fraction of sp³-hybridized carbons (Fsp3) is 0.333. The van der Waals surface area contributed by atoms with Crippen LogP contribution in [-0.2, 0) is 17.5 Å². The van der Waals surface area contributed by atoms with E-state index in [1.54, 1.807) is 19.2 Å². The van der Waals surface area contributed by atoms with E-state index in [-0.39, 0.29) is 24.5 Å². The predicted molar refractivity (Wildman–Crippen MR) is 105 cm³/mol. The van der Waals surface area contributed by atoms with Gasteiger partial charge in [-0.2, -0.15) is 13.2 Å². The Balaban J connectivity index is 1.83. The van der Waals surface area contributed by atoms with Gasteiger partial charge in [0.1, 0.15) is 5.69 Å². The van der Waals surface area contributed by atoms with E-state index in [4.69, 9.17) is 22.4 Å². The first-order valence-electron chi connectivity index (χ1n) is 8.53. The average molecular weight is 444 g/mol. The number of carbonyl (C=O) groups excluding carboxylic acids is 1. The predicted octanol–water partition coefficient (Wildman–Crippen LogP) is 4.16. The van der Waals surface area contributed by atoms with Crippen LogP contribution in [0.15, 0.2) is 23.6 Å².